The summed E-state index contributed by atoms with van der Waals surface area (Å²) in [4.78, 5) is 38.2. The van der Waals surface area contributed by atoms with Crippen molar-refractivity contribution in [3.05, 3.63) is 59.8 Å². The third kappa shape index (κ3) is 9.35. The Balaban J connectivity index is 0.000000530. The first-order valence-electron chi connectivity index (χ1n) is 14.1. The Morgan fingerprint density at radius 3 is 2.28 bits per heavy atom. The lowest BCUT2D eigenvalue weighted by atomic mass is 10.1. The van der Waals surface area contributed by atoms with E-state index in [0.29, 0.717) is 24.9 Å². The van der Waals surface area contributed by atoms with Gasteiger partial charge in [-0.1, -0.05) is 70.9 Å². The normalized spacial score (nSPS) is 16.6. The van der Waals surface area contributed by atoms with E-state index < -0.39 is 0 Å². The number of piperazine rings is 1. The van der Waals surface area contributed by atoms with Gasteiger partial charge in [-0.25, -0.2) is 9.78 Å². The molecule has 3 heterocycles. The molecule has 2 aromatic rings. The highest BCUT2D eigenvalue weighted by Gasteiger charge is 2.26. The number of nitrogens with one attached hydrogen (secondary N) is 1. The van der Waals surface area contributed by atoms with E-state index in [4.69, 9.17) is 4.74 Å². The second-order valence-corrected chi connectivity index (χ2v) is 10.2. The van der Waals surface area contributed by atoms with E-state index in [9.17, 15) is 9.59 Å². The Hall–Kier alpha value is -3.46. The number of anilines is 2. The molecule has 1 aromatic heterocycles. The molecule has 0 bridgehead atoms. The number of rotatable bonds is 7. The van der Waals surface area contributed by atoms with Gasteiger partial charge in [0.25, 0.3) is 0 Å². The molecule has 9 heteroatoms. The first kappa shape index (κ1) is 30.1. The van der Waals surface area contributed by atoms with Gasteiger partial charge in [0.15, 0.2) is 0 Å². The van der Waals surface area contributed by atoms with Crippen molar-refractivity contribution in [3.63, 3.8) is 0 Å². The highest BCUT2D eigenvalue weighted by molar-refractivity contribution is 5.89. The molecule has 0 atom stereocenters. The van der Waals surface area contributed by atoms with Gasteiger partial charge < -0.3 is 15.0 Å². The molecule has 1 saturated heterocycles. The fourth-order valence-electron chi connectivity index (χ4n) is 4.03. The molecule has 2 amide bonds. The third-order valence-corrected chi connectivity index (χ3v) is 6.59. The van der Waals surface area contributed by atoms with Crippen LogP contribution in [0.25, 0.3) is 0 Å². The van der Waals surface area contributed by atoms with Crippen LogP contribution in [0.1, 0.15) is 63.6 Å². The molecule has 0 radical (unpaired) electrons. The summed E-state index contributed by atoms with van der Waals surface area (Å²) in [6.07, 6.45) is 6.92. The zero-order valence-corrected chi connectivity index (χ0v) is 24.0. The van der Waals surface area contributed by atoms with Crippen molar-refractivity contribution in [3.8, 4) is 0 Å². The average Bonchev–Trinajstić information content (AvgIpc) is 3.75. The predicted molar refractivity (Wildman–Crippen MR) is 155 cm³/mol. The Labute approximate surface area is 233 Å². The minimum Gasteiger partial charge on any atom is -0.444 e. The van der Waals surface area contributed by atoms with Gasteiger partial charge in [-0.2, -0.15) is 4.98 Å². The van der Waals surface area contributed by atoms with Gasteiger partial charge in [0.1, 0.15) is 12.4 Å². The topological polar surface area (TPSA) is 90.9 Å². The van der Waals surface area contributed by atoms with Crippen LogP contribution in [0.5, 0.6) is 0 Å². The van der Waals surface area contributed by atoms with Crippen LogP contribution >= 0.6 is 0 Å². The number of hydrogen-bond acceptors (Lipinski definition) is 7. The van der Waals surface area contributed by atoms with Crippen molar-refractivity contribution in [2.24, 2.45) is 5.92 Å². The number of hydrogen-bond donors (Lipinski definition) is 1. The average molecular weight is 537 g/mol. The zero-order valence-electron chi connectivity index (χ0n) is 24.0. The second-order valence-electron chi connectivity index (χ2n) is 10.2. The maximum absolute atomic E-state index is 11.9. The highest BCUT2D eigenvalue weighted by atomic mass is 16.6. The Morgan fingerprint density at radius 1 is 1.10 bits per heavy atom. The smallest absolute Gasteiger partial charge is 0.415 e. The van der Waals surface area contributed by atoms with Crippen molar-refractivity contribution in [2.75, 3.05) is 42.9 Å². The summed E-state index contributed by atoms with van der Waals surface area (Å²) in [7, 11) is 0. The van der Waals surface area contributed by atoms with Crippen LogP contribution in [-0.4, -0.2) is 64.5 Å². The molecule has 2 aliphatic heterocycles. The van der Waals surface area contributed by atoms with E-state index in [1.807, 2.05) is 11.8 Å². The maximum atomic E-state index is 11.9. The number of carbonyl (C=O) groups excluding carboxylic acids is 2. The number of fused-ring (bicyclic) bond motifs is 1. The third-order valence-electron chi connectivity index (χ3n) is 6.59. The number of ether oxygens (including phenoxy) is 1. The van der Waals surface area contributed by atoms with Gasteiger partial charge >= 0.3 is 6.09 Å². The fraction of sp³-hybridized carbons (Fsp3) is 0.533. The monoisotopic (exact) mass is 536 g/mol. The lowest BCUT2D eigenvalue weighted by Crippen LogP contribution is -2.47. The van der Waals surface area contributed by atoms with Crippen molar-refractivity contribution in [1.29, 1.82) is 0 Å². The number of cyclic esters (lactones) is 1. The molecule has 1 aliphatic carbocycles. The molecule has 0 unspecified atom stereocenters. The standard InChI is InChI=1S/C23H28N6O3.C4H8.C3H8/c1-3-20(30)28-11-9-27(10-12-28)15-18-7-5-17(6-8-18)13-24-22-25-14-19-16-32-23(31)29(4-2)21(19)26-22;1-4-2-3-4;1-3-2/h3,5-8,14H,1,4,9-13,15-16H2,2H3,(H,24,25,26);4H,2-3H2,1H3;3H2,1-2H3. The number of nitrogens with zero attached hydrogens (tertiary/aromatic N) is 5. The van der Waals surface area contributed by atoms with Gasteiger partial charge in [0.05, 0.1) is 5.56 Å². The Bertz CT molecular complexity index is 1080. The highest BCUT2D eigenvalue weighted by Crippen LogP contribution is 2.27. The minimum atomic E-state index is -0.381. The summed E-state index contributed by atoms with van der Waals surface area (Å²) in [6, 6.07) is 8.43. The van der Waals surface area contributed by atoms with Gasteiger partial charge in [0, 0.05) is 52.0 Å². The van der Waals surface area contributed by atoms with Gasteiger partial charge in [-0.3, -0.25) is 14.6 Å². The van der Waals surface area contributed by atoms with E-state index in [1.165, 1.54) is 35.8 Å². The van der Waals surface area contributed by atoms with Crippen LogP contribution in [0, 0.1) is 5.92 Å². The lowest BCUT2D eigenvalue weighted by molar-refractivity contribution is -0.127. The second kappa shape index (κ2) is 15.2. The minimum absolute atomic E-state index is 0.00624. The maximum Gasteiger partial charge on any atom is 0.415 e. The molecular weight excluding hydrogens is 492 g/mol. The van der Waals surface area contributed by atoms with Crippen molar-refractivity contribution >= 4 is 23.8 Å². The van der Waals surface area contributed by atoms with E-state index >= 15 is 0 Å². The SMILES string of the molecule is C=CC(=O)N1CCN(Cc2ccc(CNc3ncc4c(n3)N(CC)C(=O)OC4)cc2)CC1.CC1CC1.CCC. The van der Waals surface area contributed by atoms with E-state index in [-0.39, 0.29) is 18.6 Å². The van der Waals surface area contributed by atoms with E-state index in [0.717, 1.165) is 49.8 Å². The first-order valence-corrected chi connectivity index (χ1v) is 14.1. The summed E-state index contributed by atoms with van der Waals surface area (Å²) in [6.45, 7) is 17.3. The summed E-state index contributed by atoms with van der Waals surface area (Å²) >= 11 is 0. The molecule has 5 rings (SSSR count). The summed E-state index contributed by atoms with van der Waals surface area (Å²) in [5.41, 5.74) is 3.15. The summed E-state index contributed by atoms with van der Waals surface area (Å²) < 4.78 is 5.13. The number of benzene rings is 1. The molecule has 2 fully saturated rings. The molecular formula is C30H44N6O3. The summed E-state index contributed by atoms with van der Waals surface area (Å²) in [5, 5.41) is 3.24. The van der Waals surface area contributed by atoms with Crippen molar-refractivity contribution in [2.45, 2.75) is 66.7 Å². The molecule has 212 valence electrons. The quantitative estimate of drug-likeness (QED) is 0.485. The lowest BCUT2D eigenvalue weighted by Gasteiger charge is -2.34. The molecule has 1 aromatic carbocycles. The molecule has 3 aliphatic rings. The Kier molecular flexibility index (Phi) is 11.7. The largest absolute Gasteiger partial charge is 0.444 e. The fourth-order valence-corrected chi connectivity index (χ4v) is 4.03. The van der Waals surface area contributed by atoms with E-state index in [2.05, 4.69) is 71.8 Å². The van der Waals surface area contributed by atoms with Crippen LogP contribution in [0.3, 0.4) is 0 Å². The first-order chi connectivity index (χ1) is 18.9. The molecule has 0 spiro atoms. The van der Waals surface area contributed by atoms with Gasteiger partial charge in [0.2, 0.25) is 11.9 Å². The number of amides is 2. The number of carbonyl (C=O) groups is 2. The molecule has 1 N–H and O–H groups in total. The van der Waals surface area contributed by atoms with Crippen molar-refractivity contribution < 1.29 is 14.3 Å². The molecule has 39 heavy (non-hydrogen) atoms. The molecule has 1 saturated carbocycles. The van der Waals surface area contributed by atoms with Crippen LogP contribution in [0.4, 0.5) is 16.6 Å². The van der Waals surface area contributed by atoms with Crippen LogP contribution in [0.15, 0.2) is 43.1 Å². The van der Waals surface area contributed by atoms with Crippen LogP contribution < -0.4 is 10.2 Å². The van der Waals surface area contributed by atoms with Gasteiger partial charge in [-0.15, -0.1) is 0 Å². The predicted octanol–water partition coefficient (Wildman–Crippen LogP) is 5.23. The summed E-state index contributed by atoms with van der Waals surface area (Å²) in [5.74, 6) is 2.17. The van der Waals surface area contributed by atoms with Crippen LogP contribution in [0.2, 0.25) is 0 Å². The van der Waals surface area contributed by atoms with E-state index in [1.54, 1.807) is 6.20 Å². The van der Waals surface area contributed by atoms with Gasteiger partial charge in [-0.05, 0) is 30.0 Å². The van der Waals surface area contributed by atoms with Crippen LogP contribution in [-0.2, 0) is 29.2 Å². The molecule has 9 nitrogen and oxygen atoms in total. The zero-order chi connectivity index (χ0) is 28.2. The van der Waals surface area contributed by atoms with Crippen molar-refractivity contribution in [1.82, 2.24) is 19.8 Å². The Morgan fingerprint density at radius 2 is 1.72 bits per heavy atom. The number of aromatic nitrogens is 2.